The first-order valence-corrected chi connectivity index (χ1v) is 6.13. The summed E-state index contributed by atoms with van der Waals surface area (Å²) in [6, 6.07) is 2.52. The molecule has 3 aromatic heterocycles. The number of rotatable bonds is 2. The van der Waals surface area contributed by atoms with Crippen LogP contribution in [0.4, 0.5) is 5.95 Å². The van der Waals surface area contributed by atoms with E-state index in [0.29, 0.717) is 6.04 Å². The van der Waals surface area contributed by atoms with Gasteiger partial charge in [-0.05, 0) is 19.9 Å². The van der Waals surface area contributed by atoms with Gasteiger partial charge in [0.05, 0.1) is 11.7 Å². The molecule has 0 spiro atoms. The van der Waals surface area contributed by atoms with E-state index in [-0.39, 0.29) is 0 Å². The maximum Gasteiger partial charge on any atom is 0.203 e. The predicted molar refractivity (Wildman–Crippen MR) is 73.9 cm³/mol. The molecule has 3 rings (SSSR count). The number of anilines is 1. The van der Waals surface area contributed by atoms with Gasteiger partial charge in [-0.2, -0.15) is 0 Å². The summed E-state index contributed by atoms with van der Waals surface area (Å²) in [5.74, 6) is 0.858. The van der Waals surface area contributed by atoms with Crippen LogP contribution >= 0.6 is 0 Å². The zero-order chi connectivity index (χ0) is 12.9. The molecule has 3 aromatic rings. The molecule has 0 aliphatic heterocycles. The molecule has 5 nitrogen and oxygen atoms in total. The molecule has 0 fully saturated rings. The second-order valence-electron chi connectivity index (χ2n) is 4.79. The molecule has 3 heterocycles. The highest BCUT2D eigenvalue weighted by Gasteiger charge is 2.14. The summed E-state index contributed by atoms with van der Waals surface area (Å²) in [5, 5.41) is 4.25. The van der Waals surface area contributed by atoms with Gasteiger partial charge in [-0.1, -0.05) is 0 Å². The van der Waals surface area contributed by atoms with Gasteiger partial charge in [0.25, 0.3) is 0 Å². The lowest BCUT2D eigenvalue weighted by Crippen LogP contribution is -2.00. The zero-order valence-electron chi connectivity index (χ0n) is 11.1. The van der Waals surface area contributed by atoms with Crippen molar-refractivity contribution in [2.24, 2.45) is 7.05 Å². The SMILES string of the molecule is CNc1nc2cnc3c(ccn3C(C)C)c2n1C. The molecule has 0 saturated heterocycles. The van der Waals surface area contributed by atoms with E-state index >= 15 is 0 Å². The topological polar surface area (TPSA) is 47.7 Å². The minimum Gasteiger partial charge on any atom is -0.359 e. The normalized spacial score (nSPS) is 11.8. The summed E-state index contributed by atoms with van der Waals surface area (Å²) in [6.07, 6.45) is 3.94. The minimum absolute atomic E-state index is 0.407. The van der Waals surface area contributed by atoms with Gasteiger partial charge >= 0.3 is 0 Å². The molecular formula is C13H17N5. The fourth-order valence-corrected chi connectivity index (χ4v) is 2.45. The number of nitrogens with one attached hydrogen (secondary N) is 1. The first-order valence-electron chi connectivity index (χ1n) is 6.13. The van der Waals surface area contributed by atoms with E-state index in [4.69, 9.17) is 0 Å². The Hall–Kier alpha value is -2.04. The number of aryl methyl sites for hydroxylation is 1. The molecule has 0 unspecified atom stereocenters. The van der Waals surface area contributed by atoms with Crippen LogP contribution in [0.3, 0.4) is 0 Å². The van der Waals surface area contributed by atoms with Crippen LogP contribution in [0, 0.1) is 0 Å². The second-order valence-corrected chi connectivity index (χ2v) is 4.79. The standard InChI is InChI=1S/C13H17N5/c1-8(2)18-6-5-9-11-10(7-15-12(9)18)16-13(14-3)17(11)4/h5-8H,1-4H3,(H,14,16). The van der Waals surface area contributed by atoms with Crippen LogP contribution in [-0.2, 0) is 7.05 Å². The fraction of sp³-hybridized carbons (Fsp3) is 0.385. The van der Waals surface area contributed by atoms with Crippen LogP contribution in [0.15, 0.2) is 18.5 Å². The monoisotopic (exact) mass is 243 g/mol. The Balaban J connectivity index is 2.42. The van der Waals surface area contributed by atoms with Crippen LogP contribution in [0.2, 0.25) is 0 Å². The number of fused-ring (bicyclic) bond motifs is 3. The lowest BCUT2D eigenvalue weighted by Gasteiger charge is -2.08. The number of imidazole rings is 1. The number of hydrogen-bond donors (Lipinski definition) is 1. The van der Waals surface area contributed by atoms with Crippen molar-refractivity contribution in [2.45, 2.75) is 19.9 Å². The van der Waals surface area contributed by atoms with Crippen LogP contribution < -0.4 is 5.32 Å². The highest BCUT2D eigenvalue weighted by Crippen LogP contribution is 2.27. The quantitative estimate of drug-likeness (QED) is 0.752. The molecule has 0 aliphatic carbocycles. The first-order chi connectivity index (χ1) is 8.63. The molecule has 1 N–H and O–H groups in total. The van der Waals surface area contributed by atoms with Gasteiger partial charge in [0, 0.05) is 31.7 Å². The molecule has 0 atom stereocenters. The molecule has 0 aromatic carbocycles. The maximum atomic E-state index is 4.54. The fourth-order valence-electron chi connectivity index (χ4n) is 2.45. The van der Waals surface area contributed by atoms with Crippen molar-refractivity contribution in [3.8, 4) is 0 Å². The van der Waals surface area contributed by atoms with Crippen molar-refractivity contribution >= 4 is 28.0 Å². The van der Waals surface area contributed by atoms with Crippen molar-refractivity contribution in [2.75, 3.05) is 12.4 Å². The van der Waals surface area contributed by atoms with E-state index in [1.165, 1.54) is 0 Å². The largest absolute Gasteiger partial charge is 0.359 e. The molecule has 18 heavy (non-hydrogen) atoms. The Labute approximate surface area is 105 Å². The maximum absolute atomic E-state index is 4.54. The molecule has 94 valence electrons. The van der Waals surface area contributed by atoms with Crippen LogP contribution in [-0.4, -0.2) is 26.1 Å². The summed E-state index contributed by atoms with van der Waals surface area (Å²) >= 11 is 0. The zero-order valence-corrected chi connectivity index (χ0v) is 11.1. The Morgan fingerprint density at radius 1 is 1.33 bits per heavy atom. The summed E-state index contributed by atoms with van der Waals surface area (Å²) in [7, 11) is 3.90. The van der Waals surface area contributed by atoms with Crippen molar-refractivity contribution < 1.29 is 0 Å². The number of hydrogen-bond acceptors (Lipinski definition) is 3. The van der Waals surface area contributed by atoms with Gasteiger partial charge in [0.2, 0.25) is 5.95 Å². The van der Waals surface area contributed by atoms with E-state index in [9.17, 15) is 0 Å². The Morgan fingerprint density at radius 3 is 2.78 bits per heavy atom. The predicted octanol–water partition coefficient (Wildman–Crippen LogP) is 2.55. The first kappa shape index (κ1) is 11.1. The van der Waals surface area contributed by atoms with Gasteiger partial charge in [-0.25, -0.2) is 9.97 Å². The van der Waals surface area contributed by atoms with Gasteiger partial charge in [-0.3, -0.25) is 0 Å². The summed E-state index contributed by atoms with van der Waals surface area (Å²) in [5.41, 5.74) is 3.07. The lowest BCUT2D eigenvalue weighted by molar-refractivity contribution is 0.618. The molecule has 0 aliphatic rings. The van der Waals surface area contributed by atoms with Crippen LogP contribution in [0.25, 0.3) is 22.1 Å². The van der Waals surface area contributed by atoms with E-state index < -0.39 is 0 Å². The lowest BCUT2D eigenvalue weighted by atomic mass is 10.3. The van der Waals surface area contributed by atoms with E-state index in [2.05, 4.69) is 50.5 Å². The summed E-state index contributed by atoms with van der Waals surface area (Å²) in [6.45, 7) is 4.32. The van der Waals surface area contributed by atoms with E-state index in [0.717, 1.165) is 28.0 Å². The number of nitrogens with zero attached hydrogens (tertiary/aromatic N) is 4. The van der Waals surface area contributed by atoms with Crippen molar-refractivity contribution in [1.82, 2.24) is 19.1 Å². The van der Waals surface area contributed by atoms with Gasteiger partial charge in [-0.15, -0.1) is 0 Å². The van der Waals surface area contributed by atoms with Gasteiger partial charge in [0.15, 0.2) is 0 Å². The average Bonchev–Trinajstić information content (AvgIpc) is 2.89. The van der Waals surface area contributed by atoms with Crippen molar-refractivity contribution in [3.05, 3.63) is 18.5 Å². The minimum atomic E-state index is 0.407. The third kappa shape index (κ3) is 1.33. The Morgan fingerprint density at radius 2 is 2.11 bits per heavy atom. The Kier molecular flexibility index (Phi) is 2.29. The second kappa shape index (κ2) is 3.73. The Bertz CT molecular complexity index is 720. The highest BCUT2D eigenvalue weighted by atomic mass is 15.2. The smallest absolute Gasteiger partial charge is 0.203 e. The molecule has 0 amide bonds. The van der Waals surface area contributed by atoms with Crippen LogP contribution in [0.1, 0.15) is 19.9 Å². The molecule has 0 radical (unpaired) electrons. The molecule has 5 heteroatoms. The third-order valence-corrected chi connectivity index (χ3v) is 3.35. The molecule has 0 saturated carbocycles. The summed E-state index contributed by atoms with van der Waals surface area (Å²) in [4.78, 5) is 9.05. The highest BCUT2D eigenvalue weighted by molar-refractivity contribution is 6.02. The number of aromatic nitrogens is 4. The number of pyridine rings is 1. The third-order valence-electron chi connectivity index (χ3n) is 3.35. The van der Waals surface area contributed by atoms with Crippen molar-refractivity contribution in [1.29, 1.82) is 0 Å². The summed E-state index contributed by atoms with van der Waals surface area (Å²) < 4.78 is 4.25. The van der Waals surface area contributed by atoms with Gasteiger partial charge < -0.3 is 14.5 Å². The molecular weight excluding hydrogens is 226 g/mol. The average molecular weight is 243 g/mol. The van der Waals surface area contributed by atoms with E-state index in [1.54, 1.807) is 0 Å². The van der Waals surface area contributed by atoms with E-state index in [1.807, 2.05) is 20.3 Å². The van der Waals surface area contributed by atoms with Gasteiger partial charge in [0.1, 0.15) is 11.2 Å². The van der Waals surface area contributed by atoms with Crippen molar-refractivity contribution in [3.63, 3.8) is 0 Å². The van der Waals surface area contributed by atoms with Crippen LogP contribution in [0.5, 0.6) is 0 Å². The molecule has 0 bridgehead atoms.